The topological polar surface area (TPSA) is 20.2 Å². The van der Waals surface area contributed by atoms with Crippen molar-refractivity contribution in [2.75, 3.05) is 0 Å². The molecule has 1 aromatic rings. The molecule has 0 amide bonds. The molecule has 0 radical (unpaired) electrons. The largest absolute Gasteiger partial charge is 0.506 e. The maximum Gasteiger partial charge on any atom is 0.134 e. The Bertz CT molecular complexity index is 375. The molecule has 0 saturated heterocycles. The fourth-order valence-electron chi connectivity index (χ4n) is 2.73. The van der Waals surface area contributed by atoms with E-state index in [2.05, 4.69) is 19.9 Å². The fraction of sp³-hybridized carbons (Fsp3) is 0.538. The second kappa shape index (κ2) is 3.71. The SMILES string of the molecule is CCC1CC1(CC)c1ccc(Cl)c(O)c1. The molecule has 0 spiro atoms. The third-order valence-corrected chi connectivity index (χ3v) is 4.20. The summed E-state index contributed by atoms with van der Waals surface area (Å²) >= 11 is 5.81. The average Bonchev–Trinajstić information content (AvgIpc) is 2.97. The van der Waals surface area contributed by atoms with Crippen molar-refractivity contribution in [2.24, 2.45) is 5.92 Å². The van der Waals surface area contributed by atoms with Crippen molar-refractivity contribution in [3.63, 3.8) is 0 Å². The van der Waals surface area contributed by atoms with Crippen molar-refractivity contribution in [1.82, 2.24) is 0 Å². The second-order valence-corrected chi connectivity index (χ2v) is 4.89. The average molecular weight is 225 g/mol. The third-order valence-electron chi connectivity index (χ3n) is 3.88. The molecule has 0 aromatic heterocycles. The highest BCUT2D eigenvalue weighted by Gasteiger charge is 2.52. The first kappa shape index (κ1) is 10.8. The van der Waals surface area contributed by atoms with E-state index >= 15 is 0 Å². The number of phenols is 1. The summed E-state index contributed by atoms with van der Waals surface area (Å²) in [6.45, 7) is 4.46. The van der Waals surface area contributed by atoms with Gasteiger partial charge in [-0.05, 0) is 41.9 Å². The smallest absolute Gasteiger partial charge is 0.134 e. The zero-order valence-electron chi connectivity index (χ0n) is 9.26. The summed E-state index contributed by atoms with van der Waals surface area (Å²) in [6, 6.07) is 5.69. The van der Waals surface area contributed by atoms with Gasteiger partial charge in [0.05, 0.1) is 5.02 Å². The quantitative estimate of drug-likeness (QED) is 0.819. The van der Waals surface area contributed by atoms with Crippen molar-refractivity contribution < 1.29 is 5.11 Å². The van der Waals surface area contributed by atoms with Crippen molar-refractivity contribution in [1.29, 1.82) is 0 Å². The van der Waals surface area contributed by atoms with E-state index < -0.39 is 0 Å². The maximum atomic E-state index is 9.61. The van der Waals surface area contributed by atoms with Crippen LogP contribution in [-0.2, 0) is 5.41 Å². The molecule has 1 N–H and O–H groups in total. The number of aromatic hydroxyl groups is 1. The molecule has 0 bridgehead atoms. The highest BCUT2D eigenvalue weighted by atomic mass is 35.5. The number of phenolic OH excluding ortho intramolecular Hbond substituents is 1. The van der Waals surface area contributed by atoms with Gasteiger partial charge in [0.2, 0.25) is 0 Å². The van der Waals surface area contributed by atoms with Crippen LogP contribution < -0.4 is 0 Å². The van der Waals surface area contributed by atoms with Crippen LogP contribution >= 0.6 is 11.6 Å². The minimum absolute atomic E-state index is 0.212. The van der Waals surface area contributed by atoms with Crippen LogP contribution in [0, 0.1) is 5.92 Å². The lowest BCUT2D eigenvalue weighted by Gasteiger charge is -2.16. The van der Waals surface area contributed by atoms with E-state index in [0.717, 1.165) is 12.3 Å². The molecule has 2 heteroatoms. The lowest BCUT2D eigenvalue weighted by molar-refractivity contribution is 0.471. The van der Waals surface area contributed by atoms with Crippen LogP contribution in [0.15, 0.2) is 18.2 Å². The second-order valence-electron chi connectivity index (χ2n) is 4.49. The summed E-state index contributed by atoms with van der Waals surface area (Å²) in [7, 11) is 0. The van der Waals surface area contributed by atoms with Crippen LogP contribution in [0.4, 0.5) is 0 Å². The molecular weight excluding hydrogens is 208 g/mol. The molecule has 15 heavy (non-hydrogen) atoms. The predicted octanol–water partition coefficient (Wildman–Crippen LogP) is 4.12. The van der Waals surface area contributed by atoms with Crippen molar-refractivity contribution >= 4 is 11.6 Å². The van der Waals surface area contributed by atoms with Crippen molar-refractivity contribution in [2.45, 2.75) is 38.5 Å². The number of hydrogen-bond donors (Lipinski definition) is 1. The molecule has 2 atom stereocenters. The molecule has 1 aliphatic rings. The van der Waals surface area contributed by atoms with Gasteiger partial charge in [-0.15, -0.1) is 0 Å². The summed E-state index contributed by atoms with van der Waals surface area (Å²) in [5.74, 6) is 0.992. The minimum atomic E-state index is 0.212. The molecule has 0 heterocycles. The van der Waals surface area contributed by atoms with E-state index in [0.29, 0.717) is 10.4 Å². The summed E-state index contributed by atoms with van der Waals surface area (Å²) in [5, 5.41) is 10.1. The van der Waals surface area contributed by atoms with Gasteiger partial charge in [-0.25, -0.2) is 0 Å². The molecular formula is C13H17ClO. The van der Waals surface area contributed by atoms with Gasteiger partial charge in [0.25, 0.3) is 0 Å². The first-order valence-electron chi connectivity index (χ1n) is 5.63. The van der Waals surface area contributed by atoms with E-state index in [1.807, 2.05) is 6.07 Å². The van der Waals surface area contributed by atoms with Crippen LogP contribution in [0.25, 0.3) is 0 Å². The van der Waals surface area contributed by atoms with Crippen molar-refractivity contribution in [3.05, 3.63) is 28.8 Å². The first-order chi connectivity index (χ1) is 7.14. The summed E-state index contributed by atoms with van der Waals surface area (Å²) < 4.78 is 0. The summed E-state index contributed by atoms with van der Waals surface area (Å²) in [6.07, 6.45) is 3.62. The summed E-state index contributed by atoms with van der Waals surface area (Å²) in [5.41, 5.74) is 1.57. The summed E-state index contributed by atoms with van der Waals surface area (Å²) in [4.78, 5) is 0. The Morgan fingerprint density at radius 2 is 2.20 bits per heavy atom. The van der Waals surface area contributed by atoms with Gasteiger partial charge in [0.1, 0.15) is 5.75 Å². The minimum Gasteiger partial charge on any atom is -0.506 e. The molecule has 2 rings (SSSR count). The van der Waals surface area contributed by atoms with E-state index in [9.17, 15) is 5.11 Å². The van der Waals surface area contributed by atoms with Crippen LogP contribution in [0.2, 0.25) is 5.02 Å². The Morgan fingerprint density at radius 3 is 2.67 bits per heavy atom. The van der Waals surface area contributed by atoms with Crippen LogP contribution in [0.5, 0.6) is 5.75 Å². The van der Waals surface area contributed by atoms with E-state index in [4.69, 9.17) is 11.6 Å². The molecule has 1 aromatic carbocycles. The normalized spacial score (nSPS) is 29.1. The lowest BCUT2D eigenvalue weighted by Crippen LogP contribution is -2.08. The molecule has 0 aliphatic heterocycles. The predicted molar refractivity (Wildman–Crippen MR) is 63.5 cm³/mol. The highest BCUT2D eigenvalue weighted by Crippen LogP contribution is 2.58. The number of benzene rings is 1. The van der Waals surface area contributed by atoms with E-state index in [1.54, 1.807) is 6.07 Å². The van der Waals surface area contributed by atoms with Gasteiger partial charge < -0.3 is 5.11 Å². The molecule has 1 nitrogen and oxygen atoms in total. The van der Waals surface area contributed by atoms with E-state index in [-0.39, 0.29) is 5.75 Å². The number of halogens is 1. The van der Waals surface area contributed by atoms with Gasteiger partial charge in [0, 0.05) is 0 Å². The Labute approximate surface area is 96.1 Å². The number of rotatable bonds is 3. The Morgan fingerprint density at radius 1 is 1.47 bits per heavy atom. The molecule has 82 valence electrons. The van der Waals surface area contributed by atoms with Crippen LogP contribution in [0.1, 0.15) is 38.7 Å². The fourth-order valence-corrected chi connectivity index (χ4v) is 2.85. The monoisotopic (exact) mass is 224 g/mol. The van der Waals surface area contributed by atoms with E-state index in [1.165, 1.54) is 18.4 Å². The Hall–Kier alpha value is -0.690. The maximum absolute atomic E-state index is 9.61. The number of hydrogen-bond acceptors (Lipinski definition) is 1. The first-order valence-corrected chi connectivity index (χ1v) is 6.01. The lowest BCUT2D eigenvalue weighted by atomic mass is 9.90. The van der Waals surface area contributed by atoms with Crippen LogP contribution in [-0.4, -0.2) is 5.11 Å². The van der Waals surface area contributed by atoms with Crippen molar-refractivity contribution in [3.8, 4) is 5.75 Å². The van der Waals surface area contributed by atoms with Gasteiger partial charge in [-0.1, -0.05) is 37.9 Å². The van der Waals surface area contributed by atoms with Gasteiger partial charge in [0.15, 0.2) is 0 Å². The molecule has 1 saturated carbocycles. The molecule has 2 unspecified atom stereocenters. The van der Waals surface area contributed by atoms with Gasteiger partial charge >= 0.3 is 0 Å². The zero-order valence-corrected chi connectivity index (χ0v) is 10.0. The third kappa shape index (κ3) is 1.63. The molecule has 1 fully saturated rings. The van der Waals surface area contributed by atoms with Crippen LogP contribution in [0.3, 0.4) is 0 Å². The van der Waals surface area contributed by atoms with Gasteiger partial charge in [-0.2, -0.15) is 0 Å². The standard InChI is InChI=1S/C13H17ClO/c1-3-9-8-13(9,4-2)10-5-6-11(14)12(15)7-10/h5-7,9,15H,3-4,8H2,1-2H3. The Kier molecular flexibility index (Phi) is 2.68. The Balaban J connectivity index is 2.33. The van der Waals surface area contributed by atoms with Gasteiger partial charge in [-0.3, -0.25) is 0 Å². The zero-order chi connectivity index (χ0) is 11.1. The highest BCUT2D eigenvalue weighted by molar-refractivity contribution is 6.32. The molecule has 1 aliphatic carbocycles.